The molecule has 2 aromatic carbocycles. The predicted octanol–water partition coefficient (Wildman–Crippen LogP) is 5.24. The largest absolute Gasteiger partial charge is 0.353 e. The minimum Gasteiger partial charge on any atom is -0.353 e. The van der Waals surface area contributed by atoms with Gasteiger partial charge in [-0.25, -0.2) is 0 Å². The molecule has 0 atom stereocenters. The topological polar surface area (TPSA) is 41.1 Å². The van der Waals surface area contributed by atoms with Gasteiger partial charge in [0.25, 0.3) is 5.91 Å². The maximum atomic E-state index is 12.5. The van der Waals surface area contributed by atoms with E-state index in [-0.39, 0.29) is 5.91 Å². The monoisotopic (exact) mass is 294 g/mol. The molecular weight excluding hydrogens is 272 g/mol. The van der Waals surface area contributed by atoms with Gasteiger partial charge in [-0.15, -0.1) is 0 Å². The zero-order valence-electron chi connectivity index (χ0n) is 13.5. The van der Waals surface area contributed by atoms with E-state index >= 15 is 0 Å². The Morgan fingerprint density at radius 3 is 1.95 bits per heavy atom. The van der Waals surface area contributed by atoms with E-state index in [0.717, 1.165) is 17.1 Å². The highest BCUT2D eigenvalue weighted by atomic mass is 16.1. The number of carbonyl (C=O) groups excluding carboxylic acids is 1. The molecule has 1 aliphatic heterocycles. The van der Waals surface area contributed by atoms with E-state index in [0.29, 0.717) is 17.4 Å². The molecule has 0 bridgehead atoms. The third-order valence-electron chi connectivity index (χ3n) is 4.18. The Hall–Kier alpha value is -2.29. The van der Waals surface area contributed by atoms with Crippen molar-refractivity contribution in [2.75, 3.05) is 10.6 Å². The lowest BCUT2D eigenvalue weighted by molar-refractivity contribution is 0.102. The Bertz CT molecular complexity index is 732. The first-order chi connectivity index (χ1) is 10.5. The van der Waals surface area contributed by atoms with Crippen LogP contribution in [0.3, 0.4) is 0 Å². The summed E-state index contributed by atoms with van der Waals surface area (Å²) in [5.41, 5.74) is 5.79. The Morgan fingerprint density at radius 1 is 0.727 bits per heavy atom. The summed E-state index contributed by atoms with van der Waals surface area (Å²) < 4.78 is 0. The molecule has 3 heteroatoms. The minimum atomic E-state index is -0.0579. The van der Waals surface area contributed by atoms with Gasteiger partial charge in [0, 0.05) is 0 Å². The van der Waals surface area contributed by atoms with Crippen molar-refractivity contribution in [3.8, 4) is 0 Å². The molecule has 0 saturated carbocycles. The normalized spacial score (nSPS) is 13.3. The summed E-state index contributed by atoms with van der Waals surface area (Å²) in [6, 6.07) is 12.2. The Kier molecular flexibility index (Phi) is 3.65. The van der Waals surface area contributed by atoms with Gasteiger partial charge in [0.2, 0.25) is 0 Å². The predicted molar refractivity (Wildman–Crippen MR) is 92.3 cm³/mol. The molecule has 0 radical (unpaired) electrons. The molecule has 3 nitrogen and oxygen atoms in total. The van der Waals surface area contributed by atoms with Crippen molar-refractivity contribution in [3.63, 3.8) is 0 Å². The van der Waals surface area contributed by atoms with Crippen LogP contribution in [-0.4, -0.2) is 5.91 Å². The van der Waals surface area contributed by atoms with E-state index in [1.807, 2.05) is 18.2 Å². The Morgan fingerprint density at radius 2 is 1.32 bits per heavy atom. The van der Waals surface area contributed by atoms with Crippen molar-refractivity contribution in [2.45, 2.75) is 39.5 Å². The molecular formula is C19H22N2O. The number of rotatable bonds is 2. The number of carbonyl (C=O) groups is 1. The fourth-order valence-electron chi connectivity index (χ4n) is 2.69. The van der Waals surface area contributed by atoms with Crippen LogP contribution in [0.2, 0.25) is 0 Å². The molecule has 2 N–H and O–H groups in total. The van der Waals surface area contributed by atoms with E-state index in [9.17, 15) is 4.79 Å². The summed E-state index contributed by atoms with van der Waals surface area (Å²) in [6.07, 6.45) is 0. The van der Waals surface area contributed by atoms with Crippen LogP contribution >= 0.6 is 0 Å². The molecule has 0 saturated heterocycles. The second-order valence-electron chi connectivity index (χ2n) is 6.50. The van der Waals surface area contributed by atoms with E-state index < -0.39 is 0 Å². The lowest BCUT2D eigenvalue weighted by Crippen LogP contribution is -2.11. The quantitative estimate of drug-likeness (QED) is 0.795. The highest BCUT2D eigenvalue weighted by Gasteiger charge is 2.20. The SMILES string of the molecule is CC(C)c1ccc2c(c1)NC(=O)c1ccc(C(C)C)cc1N2. The molecule has 0 unspecified atom stereocenters. The Labute approximate surface area is 131 Å². The molecule has 0 fully saturated rings. The third-order valence-corrected chi connectivity index (χ3v) is 4.18. The standard InChI is InChI=1S/C19H22N2O/c1-11(2)13-5-7-15-17(9-13)20-16-8-6-14(12(3)4)10-18(16)21-19(15)22/h5-12,20H,1-4H3,(H,21,22). The van der Waals surface area contributed by atoms with Crippen LogP contribution < -0.4 is 10.6 Å². The molecule has 1 aliphatic rings. The van der Waals surface area contributed by atoms with Crippen LogP contribution in [0.5, 0.6) is 0 Å². The second-order valence-corrected chi connectivity index (χ2v) is 6.50. The zero-order valence-corrected chi connectivity index (χ0v) is 13.5. The maximum absolute atomic E-state index is 12.5. The first-order valence-electron chi connectivity index (χ1n) is 7.82. The number of amides is 1. The molecule has 3 rings (SSSR count). The van der Waals surface area contributed by atoms with Crippen molar-refractivity contribution < 1.29 is 4.79 Å². The summed E-state index contributed by atoms with van der Waals surface area (Å²) in [7, 11) is 0. The van der Waals surface area contributed by atoms with Gasteiger partial charge in [0.05, 0.1) is 22.6 Å². The van der Waals surface area contributed by atoms with Crippen LogP contribution in [-0.2, 0) is 0 Å². The van der Waals surface area contributed by atoms with Gasteiger partial charge in [-0.3, -0.25) is 4.79 Å². The van der Waals surface area contributed by atoms with Gasteiger partial charge >= 0.3 is 0 Å². The van der Waals surface area contributed by atoms with Crippen LogP contribution in [0, 0.1) is 0 Å². The van der Waals surface area contributed by atoms with Crippen LogP contribution in [0.25, 0.3) is 0 Å². The smallest absolute Gasteiger partial charge is 0.257 e. The van der Waals surface area contributed by atoms with Crippen molar-refractivity contribution in [2.24, 2.45) is 0 Å². The highest BCUT2D eigenvalue weighted by Crippen LogP contribution is 2.35. The summed E-state index contributed by atoms with van der Waals surface area (Å²) in [4.78, 5) is 12.5. The maximum Gasteiger partial charge on any atom is 0.257 e. The zero-order chi connectivity index (χ0) is 15.9. The molecule has 0 spiro atoms. The average Bonchev–Trinajstić information content (AvgIpc) is 2.61. The van der Waals surface area contributed by atoms with E-state index in [4.69, 9.17) is 0 Å². The highest BCUT2D eigenvalue weighted by molar-refractivity contribution is 6.12. The summed E-state index contributed by atoms with van der Waals surface area (Å²) in [6.45, 7) is 8.61. The Balaban J connectivity index is 2.07. The fourth-order valence-corrected chi connectivity index (χ4v) is 2.69. The van der Waals surface area contributed by atoms with Crippen molar-refractivity contribution in [1.82, 2.24) is 0 Å². The first kappa shape index (κ1) is 14.6. The van der Waals surface area contributed by atoms with Gasteiger partial charge in [-0.2, -0.15) is 0 Å². The first-order valence-corrected chi connectivity index (χ1v) is 7.82. The molecule has 1 heterocycles. The van der Waals surface area contributed by atoms with Crippen LogP contribution in [0.1, 0.15) is 61.0 Å². The van der Waals surface area contributed by atoms with E-state index in [1.165, 1.54) is 11.1 Å². The molecule has 114 valence electrons. The molecule has 0 aliphatic carbocycles. The average molecular weight is 294 g/mol. The van der Waals surface area contributed by atoms with Gasteiger partial charge in [-0.1, -0.05) is 39.8 Å². The summed E-state index contributed by atoms with van der Waals surface area (Å²) in [5, 5.41) is 6.43. The van der Waals surface area contributed by atoms with E-state index in [1.54, 1.807) is 0 Å². The number of anilines is 3. The number of benzene rings is 2. The third kappa shape index (κ3) is 2.59. The molecule has 0 aromatic heterocycles. The van der Waals surface area contributed by atoms with Crippen molar-refractivity contribution in [3.05, 3.63) is 53.1 Å². The molecule has 22 heavy (non-hydrogen) atoms. The summed E-state index contributed by atoms with van der Waals surface area (Å²) in [5.74, 6) is 0.805. The lowest BCUT2D eigenvalue weighted by atomic mass is 10.00. The number of hydrogen-bond acceptors (Lipinski definition) is 2. The number of nitrogens with one attached hydrogen (secondary N) is 2. The molecule has 2 aromatic rings. The van der Waals surface area contributed by atoms with Crippen molar-refractivity contribution >= 4 is 23.0 Å². The number of fused-ring (bicyclic) bond motifs is 2. The van der Waals surface area contributed by atoms with Gasteiger partial charge in [-0.05, 0) is 47.2 Å². The number of hydrogen-bond donors (Lipinski definition) is 2. The summed E-state index contributed by atoms with van der Waals surface area (Å²) >= 11 is 0. The van der Waals surface area contributed by atoms with Crippen LogP contribution in [0.15, 0.2) is 36.4 Å². The van der Waals surface area contributed by atoms with Crippen LogP contribution in [0.4, 0.5) is 17.1 Å². The van der Waals surface area contributed by atoms with Gasteiger partial charge in [0.15, 0.2) is 0 Å². The fraction of sp³-hybridized carbons (Fsp3) is 0.316. The minimum absolute atomic E-state index is 0.0579. The second kappa shape index (κ2) is 5.48. The lowest BCUT2D eigenvalue weighted by Gasteiger charge is -2.13. The van der Waals surface area contributed by atoms with E-state index in [2.05, 4.69) is 56.5 Å². The van der Waals surface area contributed by atoms with Gasteiger partial charge < -0.3 is 10.6 Å². The molecule has 1 amide bonds. The van der Waals surface area contributed by atoms with Crippen molar-refractivity contribution in [1.29, 1.82) is 0 Å². The van der Waals surface area contributed by atoms with Gasteiger partial charge in [0.1, 0.15) is 0 Å².